The molecule has 1 aromatic heterocycles. The predicted molar refractivity (Wildman–Crippen MR) is 76.6 cm³/mol. The zero-order chi connectivity index (χ0) is 14.5. The predicted octanol–water partition coefficient (Wildman–Crippen LogP) is 2.12. The monoisotopic (exact) mass is 297 g/mol. The summed E-state index contributed by atoms with van der Waals surface area (Å²) < 4.78 is 19.0. The van der Waals surface area contributed by atoms with E-state index in [2.05, 4.69) is 0 Å². The normalized spacial score (nSPS) is 10.9. The number of rotatable bonds is 6. The van der Waals surface area contributed by atoms with E-state index in [9.17, 15) is 9.18 Å². The van der Waals surface area contributed by atoms with Crippen LogP contribution in [0, 0.1) is 5.82 Å². The van der Waals surface area contributed by atoms with Gasteiger partial charge in [-0.15, -0.1) is 11.3 Å². The van der Waals surface area contributed by atoms with E-state index in [1.54, 1.807) is 19.2 Å². The van der Waals surface area contributed by atoms with Crippen LogP contribution in [0.1, 0.15) is 9.67 Å². The van der Waals surface area contributed by atoms with Gasteiger partial charge in [-0.05, 0) is 29.7 Å². The van der Waals surface area contributed by atoms with Crippen LogP contribution >= 0.6 is 11.3 Å². The summed E-state index contributed by atoms with van der Waals surface area (Å²) in [5.74, 6) is -0.487. The van der Waals surface area contributed by atoms with Gasteiger partial charge in [-0.2, -0.15) is 0 Å². The first-order chi connectivity index (χ1) is 9.65. The Balaban J connectivity index is 2.23. The molecule has 1 amide bonds. The van der Waals surface area contributed by atoms with Gasteiger partial charge < -0.3 is 14.7 Å². The van der Waals surface area contributed by atoms with Crippen molar-refractivity contribution in [3.05, 3.63) is 35.0 Å². The van der Waals surface area contributed by atoms with Gasteiger partial charge in [0.2, 0.25) is 0 Å². The topological polar surface area (TPSA) is 49.8 Å². The fourth-order valence-electron chi connectivity index (χ4n) is 1.91. The first kappa shape index (κ1) is 14.9. The van der Waals surface area contributed by atoms with Crippen LogP contribution in [-0.4, -0.2) is 49.3 Å². The number of methoxy groups -OCH3 is 1. The lowest BCUT2D eigenvalue weighted by Crippen LogP contribution is -2.35. The van der Waals surface area contributed by atoms with Crippen molar-refractivity contribution in [2.45, 2.75) is 0 Å². The van der Waals surface area contributed by atoms with Gasteiger partial charge in [-0.3, -0.25) is 4.79 Å². The summed E-state index contributed by atoms with van der Waals surface area (Å²) in [5, 5.41) is 9.74. The molecule has 4 nitrogen and oxygen atoms in total. The van der Waals surface area contributed by atoms with Gasteiger partial charge >= 0.3 is 0 Å². The van der Waals surface area contributed by atoms with E-state index in [4.69, 9.17) is 9.84 Å². The SMILES string of the molecule is COCCN(CCO)C(=O)c1cc2cc(F)ccc2s1. The molecule has 0 saturated heterocycles. The Morgan fingerprint density at radius 3 is 2.90 bits per heavy atom. The van der Waals surface area contributed by atoms with Crippen molar-refractivity contribution in [3.63, 3.8) is 0 Å². The molecule has 1 aromatic carbocycles. The molecule has 1 N–H and O–H groups in total. The van der Waals surface area contributed by atoms with Crippen molar-refractivity contribution in [1.29, 1.82) is 0 Å². The third-order valence-electron chi connectivity index (χ3n) is 2.91. The molecule has 2 rings (SSSR count). The van der Waals surface area contributed by atoms with E-state index >= 15 is 0 Å². The number of ether oxygens (including phenoxy) is 1. The van der Waals surface area contributed by atoms with Gasteiger partial charge in [0.15, 0.2) is 0 Å². The van der Waals surface area contributed by atoms with Gasteiger partial charge in [0, 0.05) is 24.9 Å². The molecule has 2 aromatic rings. The van der Waals surface area contributed by atoms with Gasteiger partial charge in [-0.25, -0.2) is 4.39 Å². The van der Waals surface area contributed by atoms with E-state index in [0.29, 0.717) is 23.4 Å². The first-order valence-electron chi connectivity index (χ1n) is 6.24. The molecular weight excluding hydrogens is 281 g/mol. The second-order valence-electron chi connectivity index (χ2n) is 4.30. The van der Waals surface area contributed by atoms with Crippen LogP contribution in [0.25, 0.3) is 10.1 Å². The van der Waals surface area contributed by atoms with Gasteiger partial charge in [0.1, 0.15) is 5.82 Å². The molecule has 0 unspecified atom stereocenters. The zero-order valence-corrected chi connectivity index (χ0v) is 12.0. The van der Waals surface area contributed by atoms with Crippen molar-refractivity contribution in [3.8, 4) is 0 Å². The fraction of sp³-hybridized carbons (Fsp3) is 0.357. The summed E-state index contributed by atoms with van der Waals surface area (Å²) in [6.07, 6.45) is 0. The molecule has 6 heteroatoms. The van der Waals surface area contributed by atoms with Gasteiger partial charge in [-0.1, -0.05) is 0 Å². The third-order valence-corrected chi connectivity index (χ3v) is 4.02. The first-order valence-corrected chi connectivity index (χ1v) is 7.05. The minimum atomic E-state index is -0.319. The van der Waals surface area contributed by atoms with E-state index in [1.165, 1.54) is 28.4 Å². The fourth-order valence-corrected chi connectivity index (χ4v) is 2.92. The van der Waals surface area contributed by atoms with Crippen LogP contribution in [0.15, 0.2) is 24.3 Å². The number of benzene rings is 1. The Morgan fingerprint density at radius 1 is 1.40 bits per heavy atom. The second kappa shape index (κ2) is 6.78. The maximum absolute atomic E-state index is 13.2. The molecule has 0 radical (unpaired) electrons. The molecule has 0 aliphatic rings. The Labute approximate surface area is 120 Å². The lowest BCUT2D eigenvalue weighted by Gasteiger charge is -2.20. The third kappa shape index (κ3) is 3.33. The molecule has 0 aliphatic carbocycles. The maximum Gasteiger partial charge on any atom is 0.264 e. The van der Waals surface area contributed by atoms with Crippen molar-refractivity contribution in [2.75, 3.05) is 33.4 Å². The van der Waals surface area contributed by atoms with Crippen LogP contribution in [0.5, 0.6) is 0 Å². The number of amides is 1. The Kier molecular flexibility index (Phi) is 5.05. The molecule has 0 atom stereocenters. The summed E-state index contributed by atoms with van der Waals surface area (Å²) >= 11 is 1.32. The van der Waals surface area contributed by atoms with E-state index in [-0.39, 0.29) is 24.9 Å². The van der Waals surface area contributed by atoms with Crippen LogP contribution in [0.3, 0.4) is 0 Å². The molecule has 108 valence electrons. The molecule has 20 heavy (non-hydrogen) atoms. The number of thiophene rings is 1. The summed E-state index contributed by atoms with van der Waals surface area (Å²) in [7, 11) is 1.56. The van der Waals surface area contributed by atoms with Crippen molar-refractivity contribution < 1.29 is 19.0 Å². The largest absolute Gasteiger partial charge is 0.395 e. The zero-order valence-electron chi connectivity index (χ0n) is 11.1. The van der Waals surface area contributed by atoms with Crippen LogP contribution in [0.4, 0.5) is 4.39 Å². The number of hydrogen-bond donors (Lipinski definition) is 1. The molecule has 0 bridgehead atoms. The standard InChI is InChI=1S/C14H16FNO3S/c1-19-7-5-16(4-6-17)14(18)13-9-10-8-11(15)2-3-12(10)20-13/h2-3,8-9,17H,4-7H2,1H3. The minimum absolute atomic E-state index is 0.102. The molecule has 0 aliphatic heterocycles. The quantitative estimate of drug-likeness (QED) is 0.888. The van der Waals surface area contributed by atoms with Gasteiger partial charge in [0.05, 0.1) is 18.1 Å². The lowest BCUT2D eigenvalue weighted by atomic mass is 10.2. The molecule has 0 spiro atoms. The van der Waals surface area contributed by atoms with Crippen LogP contribution < -0.4 is 0 Å². The summed E-state index contributed by atoms with van der Waals surface area (Å²) in [4.78, 5) is 14.4. The number of carbonyl (C=O) groups excluding carboxylic acids is 1. The van der Waals surface area contributed by atoms with Crippen LogP contribution in [-0.2, 0) is 4.74 Å². The highest BCUT2D eigenvalue weighted by molar-refractivity contribution is 7.20. The van der Waals surface area contributed by atoms with E-state index in [1.807, 2.05) is 0 Å². The number of fused-ring (bicyclic) bond motifs is 1. The number of carbonyl (C=O) groups is 1. The number of halogens is 1. The molecule has 0 saturated carbocycles. The number of aliphatic hydroxyl groups is 1. The Hall–Kier alpha value is -1.50. The molecule has 0 fully saturated rings. The van der Waals surface area contributed by atoms with E-state index in [0.717, 1.165) is 4.70 Å². The van der Waals surface area contributed by atoms with Crippen molar-refractivity contribution in [2.24, 2.45) is 0 Å². The Bertz CT molecular complexity index is 599. The number of nitrogens with zero attached hydrogens (tertiary/aromatic N) is 1. The maximum atomic E-state index is 13.2. The lowest BCUT2D eigenvalue weighted by molar-refractivity contribution is 0.0661. The summed E-state index contributed by atoms with van der Waals surface area (Å²) in [5.41, 5.74) is 0. The molecular formula is C14H16FNO3S. The van der Waals surface area contributed by atoms with Crippen molar-refractivity contribution in [1.82, 2.24) is 4.90 Å². The molecule has 1 heterocycles. The summed E-state index contributed by atoms with van der Waals surface area (Å²) in [6, 6.07) is 6.14. The van der Waals surface area contributed by atoms with E-state index < -0.39 is 0 Å². The van der Waals surface area contributed by atoms with Crippen molar-refractivity contribution >= 4 is 27.3 Å². The minimum Gasteiger partial charge on any atom is -0.395 e. The average Bonchev–Trinajstić information content (AvgIpc) is 2.85. The number of aliphatic hydroxyl groups excluding tert-OH is 1. The Morgan fingerprint density at radius 2 is 2.20 bits per heavy atom. The second-order valence-corrected chi connectivity index (χ2v) is 5.39. The highest BCUT2D eigenvalue weighted by Gasteiger charge is 2.17. The highest BCUT2D eigenvalue weighted by Crippen LogP contribution is 2.27. The van der Waals surface area contributed by atoms with Gasteiger partial charge in [0.25, 0.3) is 5.91 Å². The summed E-state index contributed by atoms with van der Waals surface area (Å²) in [6.45, 7) is 0.976. The number of hydrogen-bond acceptors (Lipinski definition) is 4. The smallest absolute Gasteiger partial charge is 0.264 e. The van der Waals surface area contributed by atoms with Crippen LogP contribution in [0.2, 0.25) is 0 Å². The average molecular weight is 297 g/mol. The highest BCUT2D eigenvalue weighted by atomic mass is 32.1.